The zero-order chi connectivity index (χ0) is 14.0. The molecular formula is C9H7F3N2O3S. The summed E-state index contributed by atoms with van der Waals surface area (Å²) in [6.07, 6.45) is -4.66. The van der Waals surface area contributed by atoms with Crippen molar-refractivity contribution in [3.05, 3.63) is 23.8 Å². The maximum absolute atomic E-state index is 12.4. The maximum Gasteiger partial charge on any atom is 0.416 e. The van der Waals surface area contributed by atoms with Gasteiger partial charge in [-0.2, -0.15) is 18.4 Å². The Balaban J connectivity index is 3.15. The normalized spacial score (nSPS) is 11.9. The number of halogens is 3. The first-order valence-corrected chi connectivity index (χ1v) is 6.08. The SMILES string of the molecule is N#CCS(=O)(=O)Nc1cc(C(F)(F)F)ccc1O. The summed E-state index contributed by atoms with van der Waals surface area (Å²) in [5.74, 6) is -1.59. The van der Waals surface area contributed by atoms with Gasteiger partial charge in [0, 0.05) is 0 Å². The second-order valence-electron chi connectivity index (χ2n) is 3.25. The number of phenols is 1. The Morgan fingerprint density at radius 3 is 2.50 bits per heavy atom. The minimum absolute atomic E-state index is 0.449. The highest BCUT2D eigenvalue weighted by atomic mass is 32.2. The van der Waals surface area contributed by atoms with Gasteiger partial charge < -0.3 is 5.11 Å². The minimum Gasteiger partial charge on any atom is -0.506 e. The van der Waals surface area contributed by atoms with Crippen LogP contribution in [0.25, 0.3) is 0 Å². The maximum atomic E-state index is 12.4. The van der Waals surface area contributed by atoms with Gasteiger partial charge in [-0.3, -0.25) is 4.72 Å². The van der Waals surface area contributed by atoms with Crippen molar-refractivity contribution >= 4 is 15.7 Å². The van der Waals surface area contributed by atoms with Crippen LogP contribution in [-0.2, 0) is 16.2 Å². The van der Waals surface area contributed by atoms with Gasteiger partial charge in [0.05, 0.1) is 17.3 Å². The molecule has 0 unspecified atom stereocenters. The number of benzene rings is 1. The summed E-state index contributed by atoms with van der Waals surface area (Å²) >= 11 is 0. The lowest BCUT2D eigenvalue weighted by Gasteiger charge is -2.11. The third-order valence-corrected chi connectivity index (χ3v) is 2.88. The van der Waals surface area contributed by atoms with E-state index in [1.807, 2.05) is 0 Å². The van der Waals surface area contributed by atoms with Crippen LogP contribution in [-0.4, -0.2) is 19.3 Å². The second-order valence-corrected chi connectivity index (χ2v) is 4.97. The van der Waals surface area contributed by atoms with Gasteiger partial charge in [0.1, 0.15) is 5.75 Å². The summed E-state index contributed by atoms with van der Waals surface area (Å²) in [6, 6.07) is 3.11. The monoisotopic (exact) mass is 280 g/mol. The number of rotatable bonds is 3. The minimum atomic E-state index is -4.66. The number of alkyl halides is 3. The fourth-order valence-electron chi connectivity index (χ4n) is 1.08. The highest BCUT2D eigenvalue weighted by molar-refractivity contribution is 7.92. The first kappa shape index (κ1) is 14.1. The van der Waals surface area contributed by atoms with Gasteiger partial charge in [-0.15, -0.1) is 0 Å². The van der Waals surface area contributed by atoms with E-state index in [1.165, 1.54) is 6.07 Å². The first-order chi connectivity index (χ1) is 8.15. The lowest BCUT2D eigenvalue weighted by atomic mass is 10.2. The van der Waals surface area contributed by atoms with E-state index in [9.17, 15) is 26.7 Å². The molecule has 2 N–H and O–H groups in total. The average Bonchev–Trinajstić information content (AvgIpc) is 2.19. The quantitative estimate of drug-likeness (QED) is 0.824. The fourth-order valence-corrected chi connectivity index (χ4v) is 1.82. The van der Waals surface area contributed by atoms with E-state index in [4.69, 9.17) is 5.26 Å². The van der Waals surface area contributed by atoms with Gasteiger partial charge >= 0.3 is 6.18 Å². The zero-order valence-electron chi connectivity index (χ0n) is 8.69. The Kier molecular flexibility index (Phi) is 3.71. The van der Waals surface area contributed by atoms with Gasteiger partial charge in [-0.25, -0.2) is 8.42 Å². The predicted molar refractivity (Wildman–Crippen MR) is 56.1 cm³/mol. The van der Waals surface area contributed by atoms with Crippen molar-refractivity contribution in [2.75, 3.05) is 10.5 Å². The summed E-state index contributed by atoms with van der Waals surface area (Å²) in [7, 11) is -4.11. The third-order valence-electron chi connectivity index (χ3n) is 1.84. The molecule has 0 atom stereocenters. The number of nitriles is 1. The third kappa shape index (κ3) is 3.53. The molecule has 0 fully saturated rings. The van der Waals surface area contributed by atoms with Crippen LogP contribution in [0.2, 0.25) is 0 Å². The molecule has 0 aliphatic rings. The highest BCUT2D eigenvalue weighted by Crippen LogP contribution is 2.34. The lowest BCUT2D eigenvalue weighted by Crippen LogP contribution is -2.16. The molecule has 5 nitrogen and oxygen atoms in total. The summed E-state index contributed by atoms with van der Waals surface area (Å²) in [6.45, 7) is 0. The standard InChI is InChI=1S/C9H7F3N2O3S/c10-9(11,12)6-1-2-8(15)7(5-6)14-18(16,17)4-3-13/h1-2,5,14-15H,4H2. The number of hydrogen-bond donors (Lipinski definition) is 2. The second kappa shape index (κ2) is 4.73. The van der Waals surface area contributed by atoms with Gasteiger partial charge in [-0.1, -0.05) is 0 Å². The van der Waals surface area contributed by atoms with Crippen LogP contribution in [0.3, 0.4) is 0 Å². The molecule has 1 aromatic rings. The van der Waals surface area contributed by atoms with Crippen LogP contribution in [0.15, 0.2) is 18.2 Å². The lowest BCUT2D eigenvalue weighted by molar-refractivity contribution is -0.137. The topological polar surface area (TPSA) is 90.2 Å². The number of nitrogens with zero attached hydrogens (tertiary/aromatic N) is 1. The van der Waals surface area contributed by atoms with E-state index in [0.29, 0.717) is 18.2 Å². The highest BCUT2D eigenvalue weighted by Gasteiger charge is 2.31. The Bertz CT molecular complexity index is 590. The first-order valence-electron chi connectivity index (χ1n) is 4.43. The predicted octanol–water partition coefficient (Wildman–Crippen LogP) is 1.68. The van der Waals surface area contributed by atoms with E-state index in [0.717, 1.165) is 0 Å². The smallest absolute Gasteiger partial charge is 0.416 e. The van der Waals surface area contributed by atoms with E-state index in [2.05, 4.69) is 0 Å². The van der Waals surface area contributed by atoms with Crippen molar-refractivity contribution in [1.29, 1.82) is 5.26 Å². The molecule has 18 heavy (non-hydrogen) atoms. The van der Waals surface area contributed by atoms with Gasteiger partial charge in [0.25, 0.3) is 0 Å². The van der Waals surface area contributed by atoms with Crippen molar-refractivity contribution in [2.45, 2.75) is 6.18 Å². The number of nitrogens with one attached hydrogen (secondary N) is 1. The number of sulfonamides is 1. The molecule has 0 aliphatic heterocycles. The molecule has 0 bridgehead atoms. The molecule has 0 aromatic heterocycles. The Morgan fingerprint density at radius 2 is 2.00 bits per heavy atom. The van der Waals surface area contributed by atoms with Crippen LogP contribution < -0.4 is 4.72 Å². The fraction of sp³-hybridized carbons (Fsp3) is 0.222. The molecule has 0 amide bonds. The zero-order valence-corrected chi connectivity index (χ0v) is 9.51. The molecule has 0 spiro atoms. The summed E-state index contributed by atoms with van der Waals surface area (Å²) in [5.41, 5.74) is -1.74. The number of anilines is 1. The Labute approximate surface area is 101 Å². The van der Waals surface area contributed by atoms with E-state index >= 15 is 0 Å². The van der Waals surface area contributed by atoms with Crippen LogP contribution in [0.5, 0.6) is 5.75 Å². The summed E-state index contributed by atoms with van der Waals surface area (Å²) in [5, 5.41) is 17.5. The molecule has 0 radical (unpaired) electrons. The number of aromatic hydroxyl groups is 1. The Hall–Kier alpha value is -1.95. The van der Waals surface area contributed by atoms with Crippen molar-refractivity contribution in [2.24, 2.45) is 0 Å². The van der Waals surface area contributed by atoms with Gasteiger partial charge in [0.15, 0.2) is 5.75 Å². The average molecular weight is 280 g/mol. The molecule has 98 valence electrons. The molecule has 0 aliphatic carbocycles. The summed E-state index contributed by atoms with van der Waals surface area (Å²) < 4.78 is 61.2. The van der Waals surface area contributed by atoms with Crippen molar-refractivity contribution in [1.82, 2.24) is 0 Å². The molecular weight excluding hydrogens is 273 g/mol. The summed E-state index contributed by atoms with van der Waals surface area (Å²) in [4.78, 5) is 0. The van der Waals surface area contributed by atoms with Crippen LogP contribution in [0.4, 0.5) is 18.9 Å². The molecule has 1 rings (SSSR count). The van der Waals surface area contributed by atoms with Gasteiger partial charge in [0.2, 0.25) is 10.0 Å². The molecule has 0 heterocycles. The molecule has 1 aromatic carbocycles. The van der Waals surface area contributed by atoms with Crippen LogP contribution in [0.1, 0.15) is 5.56 Å². The Morgan fingerprint density at radius 1 is 1.39 bits per heavy atom. The van der Waals surface area contributed by atoms with Crippen molar-refractivity contribution in [3.63, 3.8) is 0 Å². The van der Waals surface area contributed by atoms with E-state index in [1.54, 1.807) is 4.72 Å². The van der Waals surface area contributed by atoms with Crippen molar-refractivity contribution < 1.29 is 26.7 Å². The van der Waals surface area contributed by atoms with E-state index < -0.39 is 39.0 Å². The van der Waals surface area contributed by atoms with Crippen LogP contribution in [0, 0.1) is 11.3 Å². The van der Waals surface area contributed by atoms with Crippen LogP contribution >= 0.6 is 0 Å². The molecule has 0 saturated heterocycles. The molecule has 0 saturated carbocycles. The molecule has 9 heteroatoms. The largest absolute Gasteiger partial charge is 0.506 e. The number of hydrogen-bond acceptors (Lipinski definition) is 4. The van der Waals surface area contributed by atoms with Gasteiger partial charge in [-0.05, 0) is 18.2 Å². The van der Waals surface area contributed by atoms with Crippen molar-refractivity contribution in [3.8, 4) is 11.8 Å². The van der Waals surface area contributed by atoms with E-state index in [-0.39, 0.29) is 0 Å². The number of phenolic OH excluding ortho intramolecular Hbond substituents is 1.